The molecule has 0 saturated heterocycles. The molecule has 1 N–H and O–H groups in total. The molecule has 0 fully saturated rings. The molecule has 1 aromatic rings. The zero-order valence-electron chi connectivity index (χ0n) is 6.67. The molecule has 1 rings (SSSR count). The molecule has 0 aliphatic heterocycles. The average molecular weight is 312 g/mol. The van der Waals surface area contributed by atoms with Crippen molar-refractivity contribution < 1.29 is 14.3 Å². The predicted octanol–water partition coefficient (Wildman–Crippen LogP) is 2.85. The van der Waals surface area contributed by atoms with Crippen LogP contribution in [0.2, 0.25) is 0 Å². The van der Waals surface area contributed by atoms with Crippen LogP contribution >= 0.6 is 34.4 Å². The fourth-order valence-corrected chi connectivity index (χ4v) is 2.43. The highest BCUT2D eigenvalue weighted by Crippen LogP contribution is 2.25. The van der Waals surface area contributed by atoms with Gasteiger partial charge < -0.3 is 5.11 Å². The molecule has 2 nitrogen and oxygen atoms in total. The van der Waals surface area contributed by atoms with E-state index in [-0.39, 0.29) is 5.56 Å². The van der Waals surface area contributed by atoms with Crippen LogP contribution < -0.4 is 0 Å². The van der Waals surface area contributed by atoms with E-state index in [9.17, 15) is 9.18 Å². The number of rotatable bonds is 2. The maximum absolute atomic E-state index is 13.0. The summed E-state index contributed by atoms with van der Waals surface area (Å²) in [5.41, 5.74) is -0.273. The third kappa shape index (κ3) is 2.34. The summed E-state index contributed by atoms with van der Waals surface area (Å²) < 4.78 is 13.8. The summed E-state index contributed by atoms with van der Waals surface area (Å²) in [4.78, 5) is 11.3. The monoisotopic (exact) mass is 312 g/mol. The van der Waals surface area contributed by atoms with Crippen molar-refractivity contribution in [2.24, 2.45) is 0 Å². The lowest BCUT2D eigenvalue weighted by Crippen LogP contribution is -2.01. The van der Waals surface area contributed by atoms with Gasteiger partial charge in [0.15, 0.2) is 0 Å². The highest BCUT2D eigenvalue weighted by atomic mass is 127. The number of carboxylic acid groups (broad SMARTS) is 1. The smallest absolute Gasteiger partial charge is 0.338 e. The lowest BCUT2D eigenvalue weighted by Gasteiger charge is -2.03. The lowest BCUT2D eigenvalue weighted by molar-refractivity contribution is 0.0691. The third-order valence-electron chi connectivity index (χ3n) is 1.47. The lowest BCUT2D eigenvalue weighted by atomic mass is 10.2. The van der Waals surface area contributed by atoms with E-state index < -0.39 is 11.8 Å². The number of thioether (sulfide) groups is 1. The molecular formula is C8H6FIO2S. The maximum atomic E-state index is 13.0. The van der Waals surface area contributed by atoms with Gasteiger partial charge in [-0.25, -0.2) is 9.18 Å². The molecule has 0 amide bonds. The SMILES string of the molecule is CSc1cc(C(=O)O)c(F)cc1I. The number of hydrogen-bond donors (Lipinski definition) is 1. The van der Waals surface area contributed by atoms with Crippen LogP contribution in [0.15, 0.2) is 17.0 Å². The molecule has 13 heavy (non-hydrogen) atoms. The van der Waals surface area contributed by atoms with Crippen LogP contribution in [-0.2, 0) is 0 Å². The van der Waals surface area contributed by atoms with Gasteiger partial charge >= 0.3 is 5.97 Å². The maximum Gasteiger partial charge on any atom is 0.338 e. The van der Waals surface area contributed by atoms with Crippen LogP contribution in [0.1, 0.15) is 10.4 Å². The van der Waals surface area contributed by atoms with Gasteiger partial charge in [0.2, 0.25) is 0 Å². The number of aromatic carboxylic acids is 1. The van der Waals surface area contributed by atoms with Gasteiger partial charge in [-0.15, -0.1) is 11.8 Å². The van der Waals surface area contributed by atoms with E-state index in [0.717, 1.165) is 8.47 Å². The molecule has 1 aromatic carbocycles. The summed E-state index contributed by atoms with van der Waals surface area (Å²) in [7, 11) is 0. The molecule has 0 spiro atoms. The Morgan fingerprint density at radius 2 is 2.23 bits per heavy atom. The minimum Gasteiger partial charge on any atom is -0.478 e. The normalized spacial score (nSPS) is 10.1. The number of carbonyl (C=O) groups is 1. The Balaban J connectivity index is 3.30. The molecule has 0 heterocycles. The summed E-state index contributed by atoms with van der Waals surface area (Å²) in [6, 6.07) is 2.58. The summed E-state index contributed by atoms with van der Waals surface area (Å²) in [6.45, 7) is 0. The Kier molecular flexibility index (Phi) is 3.55. The van der Waals surface area contributed by atoms with Crippen LogP contribution in [0, 0.1) is 9.39 Å². The highest BCUT2D eigenvalue weighted by molar-refractivity contribution is 14.1. The Morgan fingerprint density at radius 3 is 2.69 bits per heavy atom. The first-order valence-electron chi connectivity index (χ1n) is 3.32. The van der Waals surface area contributed by atoms with Crippen molar-refractivity contribution in [3.8, 4) is 0 Å². The highest BCUT2D eigenvalue weighted by Gasteiger charge is 2.13. The van der Waals surface area contributed by atoms with Crippen molar-refractivity contribution in [2.45, 2.75) is 4.90 Å². The third-order valence-corrected chi connectivity index (χ3v) is 3.51. The summed E-state index contributed by atoms with van der Waals surface area (Å²) >= 11 is 3.37. The first kappa shape index (κ1) is 10.8. The van der Waals surface area contributed by atoms with E-state index in [1.54, 1.807) is 0 Å². The van der Waals surface area contributed by atoms with Crippen molar-refractivity contribution in [3.05, 3.63) is 27.1 Å². The summed E-state index contributed by atoms with van der Waals surface area (Å²) in [5, 5.41) is 8.62. The molecule has 0 saturated carbocycles. The molecular weight excluding hydrogens is 306 g/mol. The number of benzene rings is 1. The van der Waals surface area contributed by atoms with E-state index >= 15 is 0 Å². The standard InChI is InChI=1S/C8H6FIO2S/c1-13-7-2-4(8(11)12)5(9)3-6(7)10/h2-3H,1H3,(H,11,12). The quantitative estimate of drug-likeness (QED) is 0.674. The Bertz CT molecular complexity index is 354. The molecule has 0 aromatic heterocycles. The second-order valence-corrected chi connectivity index (χ2v) is 4.28. The van der Waals surface area contributed by atoms with Crippen molar-refractivity contribution in [1.29, 1.82) is 0 Å². The van der Waals surface area contributed by atoms with E-state index in [0.29, 0.717) is 0 Å². The molecule has 5 heteroatoms. The van der Waals surface area contributed by atoms with E-state index in [1.807, 2.05) is 28.8 Å². The average Bonchev–Trinajstić information content (AvgIpc) is 2.03. The second kappa shape index (κ2) is 4.28. The Morgan fingerprint density at radius 1 is 1.62 bits per heavy atom. The van der Waals surface area contributed by atoms with Crippen LogP contribution in [0.3, 0.4) is 0 Å². The van der Waals surface area contributed by atoms with Gasteiger partial charge in [0.1, 0.15) is 5.82 Å². The van der Waals surface area contributed by atoms with E-state index in [4.69, 9.17) is 5.11 Å². The van der Waals surface area contributed by atoms with E-state index in [2.05, 4.69) is 0 Å². The minimum absolute atomic E-state index is 0.273. The predicted molar refractivity (Wildman–Crippen MR) is 57.9 cm³/mol. The molecule has 0 bridgehead atoms. The van der Waals surface area contributed by atoms with Crippen molar-refractivity contribution in [2.75, 3.05) is 6.26 Å². The van der Waals surface area contributed by atoms with Crippen LogP contribution in [0.25, 0.3) is 0 Å². The van der Waals surface area contributed by atoms with Crippen molar-refractivity contribution in [3.63, 3.8) is 0 Å². The van der Waals surface area contributed by atoms with E-state index in [1.165, 1.54) is 23.9 Å². The number of carboxylic acids is 1. The fourth-order valence-electron chi connectivity index (χ4n) is 0.849. The van der Waals surface area contributed by atoms with Crippen LogP contribution in [-0.4, -0.2) is 17.3 Å². The molecule has 0 aliphatic carbocycles. The van der Waals surface area contributed by atoms with Gasteiger partial charge in [-0.1, -0.05) is 0 Å². The largest absolute Gasteiger partial charge is 0.478 e. The molecule has 0 unspecified atom stereocenters. The first-order valence-corrected chi connectivity index (χ1v) is 5.63. The molecule has 0 aliphatic rings. The van der Waals surface area contributed by atoms with Crippen LogP contribution in [0.5, 0.6) is 0 Å². The van der Waals surface area contributed by atoms with Gasteiger partial charge in [-0.3, -0.25) is 0 Å². The number of halogens is 2. The topological polar surface area (TPSA) is 37.3 Å². The van der Waals surface area contributed by atoms with Crippen LogP contribution in [0.4, 0.5) is 4.39 Å². The zero-order chi connectivity index (χ0) is 10.0. The van der Waals surface area contributed by atoms with Crippen molar-refractivity contribution >= 4 is 40.3 Å². The van der Waals surface area contributed by atoms with Gasteiger partial charge in [-0.2, -0.15) is 0 Å². The number of hydrogen-bond acceptors (Lipinski definition) is 2. The van der Waals surface area contributed by atoms with Gasteiger partial charge in [-0.05, 0) is 41.0 Å². The minimum atomic E-state index is -1.23. The Hall–Kier alpha value is -0.300. The summed E-state index contributed by atoms with van der Waals surface area (Å²) in [5.74, 6) is -1.92. The van der Waals surface area contributed by atoms with Crippen molar-refractivity contribution in [1.82, 2.24) is 0 Å². The first-order chi connectivity index (χ1) is 6.06. The zero-order valence-corrected chi connectivity index (χ0v) is 9.65. The van der Waals surface area contributed by atoms with Gasteiger partial charge in [0.05, 0.1) is 5.56 Å². The summed E-state index contributed by atoms with van der Waals surface area (Å²) in [6.07, 6.45) is 1.82. The fraction of sp³-hybridized carbons (Fsp3) is 0.125. The second-order valence-electron chi connectivity index (χ2n) is 2.27. The molecule has 0 atom stereocenters. The molecule has 0 radical (unpaired) electrons. The van der Waals surface area contributed by atoms with Gasteiger partial charge in [0, 0.05) is 8.47 Å². The Labute approximate surface area is 92.7 Å². The molecule has 70 valence electrons. The van der Waals surface area contributed by atoms with Gasteiger partial charge in [0.25, 0.3) is 0 Å².